The summed E-state index contributed by atoms with van der Waals surface area (Å²) >= 11 is 1.82. The highest BCUT2D eigenvalue weighted by Gasteiger charge is 2.14. The van der Waals surface area contributed by atoms with Crippen molar-refractivity contribution in [3.05, 3.63) is 30.3 Å². The molecule has 0 spiro atoms. The summed E-state index contributed by atoms with van der Waals surface area (Å²) < 4.78 is 24.1. The Bertz CT molecular complexity index is 432. The minimum absolute atomic E-state index is 0.187. The molecular formula is C13H21NO2S2. The average molecular weight is 287 g/mol. The van der Waals surface area contributed by atoms with Crippen LogP contribution in [0.4, 0.5) is 0 Å². The monoisotopic (exact) mass is 287 g/mol. The number of benzene rings is 1. The van der Waals surface area contributed by atoms with Gasteiger partial charge in [0.25, 0.3) is 0 Å². The normalized spacial score (nSPS) is 11.9. The summed E-state index contributed by atoms with van der Waals surface area (Å²) in [4.78, 5) is 2.50. The Kier molecular flexibility index (Phi) is 6.75. The van der Waals surface area contributed by atoms with E-state index in [1.165, 1.54) is 0 Å². The van der Waals surface area contributed by atoms with E-state index in [9.17, 15) is 8.42 Å². The summed E-state index contributed by atoms with van der Waals surface area (Å²) in [5.74, 6) is 1.31. The van der Waals surface area contributed by atoms with Crippen LogP contribution in [-0.4, -0.2) is 51.2 Å². The molecule has 0 saturated heterocycles. The number of hydrogen-bond acceptors (Lipinski definition) is 4. The highest BCUT2D eigenvalue weighted by atomic mass is 32.2. The van der Waals surface area contributed by atoms with Gasteiger partial charge in [0, 0.05) is 6.54 Å². The molecule has 0 aliphatic heterocycles. The molecule has 0 radical (unpaired) electrons. The Morgan fingerprint density at radius 3 is 2.44 bits per heavy atom. The number of nitrogens with zero attached hydrogens (tertiary/aromatic N) is 1. The van der Waals surface area contributed by atoms with E-state index in [0.29, 0.717) is 11.4 Å². The molecule has 0 saturated carbocycles. The number of sulfone groups is 1. The van der Waals surface area contributed by atoms with Gasteiger partial charge in [-0.05, 0) is 44.2 Å². The summed E-state index contributed by atoms with van der Waals surface area (Å²) in [5.41, 5.74) is 0. The van der Waals surface area contributed by atoms with Crippen LogP contribution in [0.2, 0.25) is 0 Å². The van der Waals surface area contributed by atoms with Crippen molar-refractivity contribution in [1.29, 1.82) is 0 Å². The van der Waals surface area contributed by atoms with E-state index < -0.39 is 9.84 Å². The molecule has 0 aliphatic carbocycles. The Balaban J connectivity index is 2.43. The van der Waals surface area contributed by atoms with Crippen molar-refractivity contribution in [1.82, 2.24) is 4.90 Å². The first-order chi connectivity index (χ1) is 8.56. The highest BCUT2D eigenvalue weighted by molar-refractivity contribution is 7.98. The largest absolute Gasteiger partial charge is 0.305 e. The van der Waals surface area contributed by atoms with Gasteiger partial charge in [-0.1, -0.05) is 18.2 Å². The molecular weight excluding hydrogens is 266 g/mol. The molecule has 0 amide bonds. The van der Waals surface area contributed by atoms with Crippen molar-refractivity contribution in [3.63, 3.8) is 0 Å². The number of thioether (sulfide) groups is 1. The molecule has 1 aromatic rings. The van der Waals surface area contributed by atoms with E-state index in [1.807, 2.05) is 24.9 Å². The minimum atomic E-state index is -3.13. The molecule has 0 bridgehead atoms. The molecule has 0 N–H and O–H groups in total. The molecule has 5 heteroatoms. The molecule has 1 aromatic carbocycles. The Hall–Kier alpha value is -0.520. The molecule has 0 heterocycles. The van der Waals surface area contributed by atoms with Gasteiger partial charge >= 0.3 is 0 Å². The summed E-state index contributed by atoms with van der Waals surface area (Å²) in [6, 6.07) is 8.66. The van der Waals surface area contributed by atoms with E-state index in [2.05, 4.69) is 11.2 Å². The van der Waals surface area contributed by atoms with Gasteiger partial charge in [0.05, 0.1) is 10.6 Å². The van der Waals surface area contributed by atoms with E-state index in [4.69, 9.17) is 0 Å². The summed E-state index contributed by atoms with van der Waals surface area (Å²) in [7, 11) is -1.16. The fourth-order valence-electron chi connectivity index (χ4n) is 1.61. The molecule has 0 aromatic heterocycles. The Morgan fingerprint density at radius 1 is 1.17 bits per heavy atom. The summed E-state index contributed by atoms with van der Waals surface area (Å²) in [5, 5.41) is 0. The van der Waals surface area contributed by atoms with E-state index >= 15 is 0 Å². The van der Waals surface area contributed by atoms with Gasteiger partial charge in [0.2, 0.25) is 0 Å². The summed E-state index contributed by atoms with van der Waals surface area (Å²) in [6.07, 6.45) is 3.18. The van der Waals surface area contributed by atoms with Crippen LogP contribution in [0.1, 0.15) is 6.42 Å². The van der Waals surface area contributed by atoms with Crippen LogP contribution in [-0.2, 0) is 9.84 Å². The van der Waals surface area contributed by atoms with E-state index in [-0.39, 0.29) is 5.75 Å². The number of rotatable bonds is 8. The quantitative estimate of drug-likeness (QED) is 0.687. The van der Waals surface area contributed by atoms with Crippen molar-refractivity contribution >= 4 is 21.6 Å². The molecule has 3 nitrogen and oxygen atoms in total. The van der Waals surface area contributed by atoms with Gasteiger partial charge in [-0.3, -0.25) is 0 Å². The molecule has 0 aliphatic rings. The topological polar surface area (TPSA) is 37.4 Å². The molecule has 0 fully saturated rings. The van der Waals surface area contributed by atoms with Crippen molar-refractivity contribution in [3.8, 4) is 0 Å². The van der Waals surface area contributed by atoms with Crippen LogP contribution in [0.5, 0.6) is 0 Å². The lowest BCUT2D eigenvalue weighted by Gasteiger charge is -2.16. The van der Waals surface area contributed by atoms with Crippen LogP contribution in [0.15, 0.2) is 35.2 Å². The van der Waals surface area contributed by atoms with Crippen molar-refractivity contribution < 1.29 is 8.42 Å². The third-order valence-corrected chi connectivity index (χ3v) is 5.14. The van der Waals surface area contributed by atoms with E-state index in [1.54, 1.807) is 24.3 Å². The SMILES string of the molecule is CSCCCN(C)CCS(=O)(=O)c1ccccc1. The Labute approximate surface area is 114 Å². The molecule has 0 unspecified atom stereocenters. The van der Waals surface area contributed by atoms with Gasteiger partial charge in [0.15, 0.2) is 9.84 Å². The second kappa shape index (κ2) is 7.81. The lowest BCUT2D eigenvalue weighted by atomic mass is 10.4. The zero-order chi connectivity index (χ0) is 13.4. The van der Waals surface area contributed by atoms with Gasteiger partial charge in [0.1, 0.15) is 0 Å². The van der Waals surface area contributed by atoms with Gasteiger partial charge in [-0.2, -0.15) is 11.8 Å². The lowest BCUT2D eigenvalue weighted by Crippen LogP contribution is -2.27. The predicted octanol–water partition coefficient (Wildman–Crippen LogP) is 2.15. The molecule has 1 rings (SSSR count). The lowest BCUT2D eigenvalue weighted by molar-refractivity contribution is 0.355. The highest BCUT2D eigenvalue weighted by Crippen LogP contribution is 2.10. The maximum atomic E-state index is 12.0. The smallest absolute Gasteiger partial charge is 0.179 e. The van der Waals surface area contributed by atoms with E-state index in [0.717, 1.165) is 18.7 Å². The van der Waals surface area contributed by atoms with Crippen LogP contribution in [0.3, 0.4) is 0 Å². The fraction of sp³-hybridized carbons (Fsp3) is 0.538. The van der Waals surface area contributed by atoms with Crippen LogP contribution >= 0.6 is 11.8 Å². The van der Waals surface area contributed by atoms with Crippen molar-refractivity contribution in [2.24, 2.45) is 0 Å². The zero-order valence-corrected chi connectivity index (χ0v) is 12.6. The van der Waals surface area contributed by atoms with Crippen molar-refractivity contribution in [2.75, 3.05) is 37.9 Å². The maximum Gasteiger partial charge on any atom is 0.179 e. The first-order valence-electron chi connectivity index (χ1n) is 6.01. The fourth-order valence-corrected chi connectivity index (χ4v) is 3.39. The van der Waals surface area contributed by atoms with Gasteiger partial charge in [-0.15, -0.1) is 0 Å². The third kappa shape index (κ3) is 5.42. The van der Waals surface area contributed by atoms with Crippen molar-refractivity contribution in [2.45, 2.75) is 11.3 Å². The molecule has 102 valence electrons. The third-order valence-electron chi connectivity index (χ3n) is 2.73. The van der Waals surface area contributed by atoms with Crippen LogP contribution in [0, 0.1) is 0 Å². The minimum Gasteiger partial charge on any atom is -0.305 e. The van der Waals surface area contributed by atoms with Gasteiger partial charge < -0.3 is 4.90 Å². The maximum absolute atomic E-state index is 12.0. The summed E-state index contributed by atoms with van der Waals surface area (Å²) in [6.45, 7) is 1.54. The molecule has 18 heavy (non-hydrogen) atoms. The number of hydrogen-bond donors (Lipinski definition) is 0. The van der Waals surface area contributed by atoms with Crippen LogP contribution in [0.25, 0.3) is 0 Å². The second-order valence-electron chi connectivity index (χ2n) is 4.28. The van der Waals surface area contributed by atoms with Crippen LogP contribution < -0.4 is 0 Å². The Morgan fingerprint density at radius 2 is 1.83 bits per heavy atom. The average Bonchev–Trinajstić information content (AvgIpc) is 2.38. The first kappa shape index (κ1) is 15.5. The molecule has 0 atom stereocenters. The van der Waals surface area contributed by atoms with Gasteiger partial charge in [-0.25, -0.2) is 8.42 Å². The standard InChI is InChI=1S/C13H21NO2S2/c1-14(9-6-11-17-2)10-12-18(15,16)13-7-4-3-5-8-13/h3-5,7-8H,6,9-12H2,1-2H3. The second-order valence-corrected chi connectivity index (χ2v) is 7.38. The predicted molar refractivity (Wildman–Crippen MR) is 79.0 cm³/mol. The first-order valence-corrected chi connectivity index (χ1v) is 9.06. The zero-order valence-electron chi connectivity index (χ0n) is 11.0.